The molecule has 1 amide bonds. The highest BCUT2D eigenvalue weighted by atomic mass is 32.1. The quantitative estimate of drug-likeness (QED) is 0.842. The number of aromatic nitrogens is 1. The maximum absolute atomic E-state index is 12.0. The Bertz CT molecular complexity index is 720. The van der Waals surface area contributed by atoms with Crippen molar-refractivity contribution in [3.05, 3.63) is 52.0 Å². The molecule has 1 spiro atoms. The van der Waals surface area contributed by atoms with Crippen LogP contribution in [0.15, 0.2) is 35.8 Å². The molecular formula is C19H23N3OS. The molecule has 0 radical (unpaired) electrons. The molecule has 2 aromatic rings. The number of thiazole rings is 1. The van der Waals surface area contributed by atoms with Gasteiger partial charge in [0.1, 0.15) is 5.01 Å². The van der Waals surface area contributed by atoms with Gasteiger partial charge in [-0.1, -0.05) is 24.3 Å². The molecule has 2 aliphatic rings. The number of piperidine rings is 1. The minimum absolute atomic E-state index is 0.125. The fourth-order valence-electron chi connectivity index (χ4n) is 4.20. The Morgan fingerprint density at radius 1 is 1.29 bits per heavy atom. The van der Waals surface area contributed by atoms with E-state index in [0.29, 0.717) is 0 Å². The summed E-state index contributed by atoms with van der Waals surface area (Å²) in [6.07, 6.45) is 4.10. The summed E-state index contributed by atoms with van der Waals surface area (Å²) in [6, 6.07) is 8.71. The Hall–Kier alpha value is -1.72. The molecule has 3 heterocycles. The zero-order valence-electron chi connectivity index (χ0n) is 14.1. The molecule has 4 rings (SSSR count). The van der Waals surface area contributed by atoms with E-state index in [1.54, 1.807) is 18.3 Å². The average Bonchev–Trinajstić information content (AvgIpc) is 3.10. The lowest BCUT2D eigenvalue weighted by Crippen LogP contribution is -2.52. The van der Waals surface area contributed by atoms with Crippen molar-refractivity contribution >= 4 is 17.2 Å². The average molecular weight is 341 g/mol. The van der Waals surface area contributed by atoms with E-state index in [4.69, 9.17) is 0 Å². The Morgan fingerprint density at radius 3 is 2.79 bits per heavy atom. The fourth-order valence-corrected chi connectivity index (χ4v) is 4.86. The Balaban J connectivity index is 1.55. The van der Waals surface area contributed by atoms with Gasteiger partial charge >= 0.3 is 0 Å². The van der Waals surface area contributed by atoms with Crippen LogP contribution in [-0.2, 0) is 23.3 Å². The SMILES string of the molecule is CC(=O)N1Cc2ccccc2C2(CCN(Cc3nccs3)CC2)C1. The van der Waals surface area contributed by atoms with Crippen LogP contribution in [0.4, 0.5) is 0 Å². The first-order valence-electron chi connectivity index (χ1n) is 8.61. The summed E-state index contributed by atoms with van der Waals surface area (Å²) >= 11 is 1.73. The van der Waals surface area contributed by atoms with Crippen molar-refractivity contribution in [1.82, 2.24) is 14.8 Å². The lowest BCUT2D eigenvalue weighted by atomic mass is 9.69. The highest BCUT2D eigenvalue weighted by Crippen LogP contribution is 2.42. The van der Waals surface area contributed by atoms with Gasteiger partial charge in [0.25, 0.3) is 0 Å². The first-order valence-corrected chi connectivity index (χ1v) is 9.49. The number of carbonyl (C=O) groups is 1. The monoisotopic (exact) mass is 341 g/mol. The maximum Gasteiger partial charge on any atom is 0.219 e. The van der Waals surface area contributed by atoms with Crippen LogP contribution in [0.2, 0.25) is 0 Å². The molecule has 1 fully saturated rings. The van der Waals surface area contributed by atoms with Crippen molar-refractivity contribution in [3.8, 4) is 0 Å². The van der Waals surface area contributed by atoms with Crippen LogP contribution < -0.4 is 0 Å². The third-order valence-electron chi connectivity index (χ3n) is 5.54. The van der Waals surface area contributed by atoms with Gasteiger partial charge in [-0.2, -0.15) is 0 Å². The normalized spacial score (nSPS) is 20.1. The number of amides is 1. The van der Waals surface area contributed by atoms with Crippen LogP contribution >= 0.6 is 11.3 Å². The molecule has 24 heavy (non-hydrogen) atoms. The summed E-state index contributed by atoms with van der Waals surface area (Å²) in [5.74, 6) is 0.189. The third kappa shape index (κ3) is 2.87. The van der Waals surface area contributed by atoms with Gasteiger partial charge in [0, 0.05) is 37.0 Å². The van der Waals surface area contributed by atoms with Gasteiger partial charge in [-0.05, 0) is 37.1 Å². The van der Waals surface area contributed by atoms with Crippen LogP contribution in [0.1, 0.15) is 35.9 Å². The van der Waals surface area contributed by atoms with E-state index in [0.717, 1.165) is 45.6 Å². The highest BCUT2D eigenvalue weighted by Gasteiger charge is 2.42. The number of fused-ring (bicyclic) bond motifs is 2. The highest BCUT2D eigenvalue weighted by molar-refractivity contribution is 7.09. The van der Waals surface area contributed by atoms with Crippen molar-refractivity contribution in [2.24, 2.45) is 0 Å². The first-order chi connectivity index (χ1) is 11.7. The summed E-state index contributed by atoms with van der Waals surface area (Å²) in [4.78, 5) is 21.0. The minimum atomic E-state index is 0.125. The largest absolute Gasteiger partial charge is 0.338 e. The van der Waals surface area contributed by atoms with Crippen LogP contribution in [0.25, 0.3) is 0 Å². The molecule has 1 aromatic heterocycles. The van der Waals surface area contributed by atoms with Gasteiger partial charge in [0.2, 0.25) is 5.91 Å². The summed E-state index contributed by atoms with van der Waals surface area (Å²) in [5.41, 5.74) is 2.92. The number of nitrogens with zero attached hydrogens (tertiary/aromatic N) is 3. The molecular weight excluding hydrogens is 318 g/mol. The van der Waals surface area contributed by atoms with Crippen LogP contribution in [0.5, 0.6) is 0 Å². The van der Waals surface area contributed by atoms with Gasteiger partial charge in [0.05, 0.1) is 6.54 Å². The second kappa shape index (κ2) is 6.30. The standard InChI is InChI=1S/C19H23N3OS/c1-15(23)22-12-16-4-2-3-5-17(16)19(14-22)6-9-21(10-7-19)13-18-20-8-11-24-18/h2-5,8,11H,6-7,9-10,12-14H2,1H3. The van der Waals surface area contributed by atoms with Crippen molar-refractivity contribution in [2.75, 3.05) is 19.6 Å². The Kier molecular flexibility index (Phi) is 4.14. The Morgan fingerprint density at radius 2 is 2.08 bits per heavy atom. The molecule has 0 atom stereocenters. The number of likely N-dealkylation sites (tertiary alicyclic amines) is 1. The van der Waals surface area contributed by atoms with Gasteiger partial charge in [-0.15, -0.1) is 11.3 Å². The molecule has 0 bridgehead atoms. The molecule has 2 aliphatic heterocycles. The third-order valence-corrected chi connectivity index (χ3v) is 6.31. The summed E-state index contributed by atoms with van der Waals surface area (Å²) in [6.45, 7) is 6.41. The van der Waals surface area contributed by atoms with E-state index in [1.807, 2.05) is 16.5 Å². The van der Waals surface area contributed by atoms with Crippen molar-refractivity contribution < 1.29 is 4.79 Å². The summed E-state index contributed by atoms with van der Waals surface area (Å²) in [5, 5.41) is 3.24. The molecule has 126 valence electrons. The van der Waals surface area contributed by atoms with Crippen LogP contribution in [0, 0.1) is 0 Å². The molecule has 0 unspecified atom stereocenters. The second-order valence-corrected chi connectivity index (χ2v) is 7.99. The number of carbonyl (C=O) groups excluding carboxylic acids is 1. The lowest BCUT2D eigenvalue weighted by molar-refractivity contribution is -0.131. The summed E-state index contributed by atoms with van der Waals surface area (Å²) in [7, 11) is 0. The van der Waals surface area contributed by atoms with Crippen LogP contribution in [0.3, 0.4) is 0 Å². The molecule has 5 heteroatoms. The molecule has 0 aliphatic carbocycles. The van der Waals surface area contributed by atoms with E-state index < -0.39 is 0 Å². The molecule has 0 saturated carbocycles. The smallest absolute Gasteiger partial charge is 0.219 e. The molecule has 4 nitrogen and oxygen atoms in total. The number of hydrogen-bond donors (Lipinski definition) is 0. The topological polar surface area (TPSA) is 36.4 Å². The summed E-state index contributed by atoms with van der Waals surface area (Å²) < 4.78 is 0. The molecule has 1 aromatic carbocycles. The number of benzene rings is 1. The van der Waals surface area contributed by atoms with E-state index >= 15 is 0 Å². The number of hydrogen-bond acceptors (Lipinski definition) is 4. The van der Waals surface area contributed by atoms with E-state index in [9.17, 15) is 4.79 Å². The first kappa shape index (κ1) is 15.8. The van der Waals surface area contributed by atoms with Gasteiger partial charge in [-0.3, -0.25) is 9.69 Å². The fraction of sp³-hybridized carbons (Fsp3) is 0.474. The zero-order valence-corrected chi connectivity index (χ0v) is 14.9. The second-order valence-electron chi connectivity index (χ2n) is 7.01. The van der Waals surface area contributed by atoms with E-state index in [-0.39, 0.29) is 11.3 Å². The lowest BCUT2D eigenvalue weighted by Gasteiger charge is -2.48. The predicted molar refractivity (Wildman–Crippen MR) is 95.8 cm³/mol. The van der Waals surface area contributed by atoms with Gasteiger partial charge < -0.3 is 4.90 Å². The number of rotatable bonds is 2. The van der Waals surface area contributed by atoms with Crippen molar-refractivity contribution in [3.63, 3.8) is 0 Å². The molecule has 1 saturated heterocycles. The maximum atomic E-state index is 12.0. The van der Waals surface area contributed by atoms with Crippen molar-refractivity contribution in [1.29, 1.82) is 0 Å². The minimum Gasteiger partial charge on any atom is -0.338 e. The van der Waals surface area contributed by atoms with E-state index in [1.165, 1.54) is 16.1 Å². The Labute approximate surface area is 147 Å². The van der Waals surface area contributed by atoms with Gasteiger partial charge in [0.15, 0.2) is 0 Å². The predicted octanol–water partition coefficient (Wildman–Crippen LogP) is 3.04. The van der Waals surface area contributed by atoms with E-state index in [2.05, 4.69) is 34.1 Å². The van der Waals surface area contributed by atoms with Gasteiger partial charge in [-0.25, -0.2) is 4.98 Å². The molecule has 0 N–H and O–H groups in total. The van der Waals surface area contributed by atoms with Crippen LogP contribution in [-0.4, -0.2) is 40.3 Å². The van der Waals surface area contributed by atoms with Crippen molar-refractivity contribution in [2.45, 2.75) is 38.3 Å². The zero-order chi connectivity index (χ0) is 16.6.